The maximum atomic E-state index is 12.8. The molecule has 3 aliphatic rings. The summed E-state index contributed by atoms with van der Waals surface area (Å²) in [6.45, 7) is 6.46. The molecule has 0 aromatic carbocycles. The van der Waals surface area contributed by atoms with E-state index < -0.39 is 0 Å². The molecule has 3 fully saturated rings. The average Bonchev–Trinajstić information content (AvgIpc) is 3.12. The zero-order valence-corrected chi connectivity index (χ0v) is 12.4. The maximum absolute atomic E-state index is 12.8. The van der Waals surface area contributed by atoms with Crippen LogP contribution in [0.5, 0.6) is 0 Å². The van der Waals surface area contributed by atoms with Gasteiger partial charge in [0.05, 0.1) is 5.92 Å². The molecule has 3 nitrogen and oxygen atoms in total. The Bertz CT molecular complexity index is 362. The molecule has 1 amide bonds. The molecule has 4 atom stereocenters. The lowest BCUT2D eigenvalue weighted by Crippen LogP contribution is -2.46. The fraction of sp³-hybridized carbons (Fsp3) is 0.938. The first kappa shape index (κ1) is 13.4. The van der Waals surface area contributed by atoms with Crippen LogP contribution in [0, 0.1) is 23.2 Å². The van der Waals surface area contributed by atoms with E-state index >= 15 is 0 Å². The van der Waals surface area contributed by atoms with Crippen LogP contribution in [0.4, 0.5) is 0 Å². The highest BCUT2D eigenvalue weighted by Crippen LogP contribution is 2.49. The first-order valence-electron chi connectivity index (χ1n) is 8.14. The van der Waals surface area contributed by atoms with Gasteiger partial charge in [-0.25, -0.2) is 0 Å². The fourth-order valence-electron chi connectivity index (χ4n) is 4.86. The number of likely N-dealkylation sites (tertiary alicyclic amines) is 1. The van der Waals surface area contributed by atoms with Gasteiger partial charge in [-0.2, -0.15) is 0 Å². The molecular weight excluding hydrogens is 236 g/mol. The zero-order chi connectivity index (χ0) is 13.6. The van der Waals surface area contributed by atoms with E-state index in [1.807, 2.05) is 0 Å². The summed E-state index contributed by atoms with van der Waals surface area (Å²) in [5, 5.41) is 0. The first-order valence-corrected chi connectivity index (χ1v) is 8.14. The van der Waals surface area contributed by atoms with E-state index in [2.05, 4.69) is 18.7 Å². The fourth-order valence-corrected chi connectivity index (χ4v) is 4.86. The van der Waals surface area contributed by atoms with Gasteiger partial charge in [-0.3, -0.25) is 4.79 Å². The van der Waals surface area contributed by atoms with Gasteiger partial charge < -0.3 is 10.6 Å². The van der Waals surface area contributed by atoms with Crippen LogP contribution in [-0.2, 0) is 4.79 Å². The molecule has 2 aliphatic carbocycles. The molecule has 2 N–H and O–H groups in total. The standard InChI is InChI=1S/C16H28N2O/c1-3-16(4-2)7-8-18(10-16)15(19)13-11-5-6-12(9-11)14(13)17/h11-14H,3-10,17H2,1-2H3. The minimum atomic E-state index is 0.142. The topological polar surface area (TPSA) is 46.3 Å². The van der Waals surface area contributed by atoms with E-state index in [9.17, 15) is 4.79 Å². The Labute approximate surface area is 116 Å². The summed E-state index contributed by atoms with van der Waals surface area (Å²) >= 11 is 0. The molecule has 1 saturated heterocycles. The van der Waals surface area contributed by atoms with Crippen molar-refractivity contribution in [1.29, 1.82) is 0 Å². The third-order valence-electron chi connectivity index (χ3n) is 6.52. The summed E-state index contributed by atoms with van der Waals surface area (Å²) in [6.07, 6.45) is 7.25. The molecule has 0 radical (unpaired) electrons. The van der Waals surface area contributed by atoms with Crippen molar-refractivity contribution >= 4 is 5.91 Å². The van der Waals surface area contributed by atoms with Crippen molar-refractivity contribution < 1.29 is 4.79 Å². The van der Waals surface area contributed by atoms with Crippen molar-refractivity contribution in [2.75, 3.05) is 13.1 Å². The molecule has 3 heteroatoms. The number of hydrogen-bond acceptors (Lipinski definition) is 2. The smallest absolute Gasteiger partial charge is 0.227 e. The van der Waals surface area contributed by atoms with Crippen molar-refractivity contribution in [3.8, 4) is 0 Å². The third kappa shape index (κ3) is 2.01. The van der Waals surface area contributed by atoms with Crippen molar-refractivity contribution in [3.63, 3.8) is 0 Å². The molecule has 0 aromatic rings. The molecular formula is C16H28N2O. The Kier molecular flexibility index (Phi) is 3.36. The monoisotopic (exact) mass is 264 g/mol. The van der Waals surface area contributed by atoms with E-state index in [0.717, 1.165) is 13.1 Å². The van der Waals surface area contributed by atoms with Crippen LogP contribution in [0.15, 0.2) is 0 Å². The summed E-state index contributed by atoms with van der Waals surface area (Å²) in [5.74, 6) is 1.74. The Balaban J connectivity index is 1.69. The average molecular weight is 264 g/mol. The molecule has 108 valence electrons. The SMILES string of the molecule is CCC1(CC)CCN(C(=O)C2C3CCC(C3)C2N)C1. The van der Waals surface area contributed by atoms with E-state index in [4.69, 9.17) is 5.73 Å². The number of carbonyl (C=O) groups is 1. The van der Waals surface area contributed by atoms with Crippen LogP contribution in [0.1, 0.15) is 52.4 Å². The lowest BCUT2D eigenvalue weighted by Gasteiger charge is -2.32. The third-order valence-corrected chi connectivity index (χ3v) is 6.52. The first-order chi connectivity index (χ1) is 9.10. The Hall–Kier alpha value is -0.570. The molecule has 2 bridgehead atoms. The molecule has 0 aromatic heterocycles. The van der Waals surface area contributed by atoms with Crippen LogP contribution in [0.3, 0.4) is 0 Å². The van der Waals surface area contributed by atoms with Crippen LogP contribution in [0.2, 0.25) is 0 Å². The number of carbonyl (C=O) groups excluding carboxylic acids is 1. The lowest BCUT2D eigenvalue weighted by atomic mass is 9.81. The normalized spacial score (nSPS) is 40.1. The molecule has 19 heavy (non-hydrogen) atoms. The quantitative estimate of drug-likeness (QED) is 0.851. The number of fused-ring (bicyclic) bond motifs is 2. The summed E-state index contributed by atoms with van der Waals surface area (Å²) < 4.78 is 0. The highest BCUT2D eigenvalue weighted by atomic mass is 16.2. The zero-order valence-electron chi connectivity index (χ0n) is 12.4. The molecule has 4 unspecified atom stereocenters. The lowest BCUT2D eigenvalue weighted by molar-refractivity contribution is -0.137. The second-order valence-electron chi connectivity index (χ2n) is 7.15. The second-order valence-corrected chi connectivity index (χ2v) is 7.15. The van der Waals surface area contributed by atoms with Gasteiger partial charge in [0.2, 0.25) is 5.91 Å². The molecule has 3 rings (SSSR count). The predicted octanol–water partition coefficient (Wildman–Crippen LogP) is 2.40. The van der Waals surface area contributed by atoms with Gasteiger partial charge in [0, 0.05) is 19.1 Å². The summed E-state index contributed by atoms with van der Waals surface area (Å²) in [7, 11) is 0. The van der Waals surface area contributed by atoms with Gasteiger partial charge in [-0.1, -0.05) is 13.8 Å². The number of rotatable bonds is 3. The van der Waals surface area contributed by atoms with Crippen LogP contribution in [-0.4, -0.2) is 29.9 Å². The van der Waals surface area contributed by atoms with Gasteiger partial charge in [-0.15, -0.1) is 0 Å². The van der Waals surface area contributed by atoms with E-state index in [1.54, 1.807) is 0 Å². The van der Waals surface area contributed by atoms with Crippen LogP contribution in [0.25, 0.3) is 0 Å². The highest BCUT2D eigenvalue weighted by molar-refractivity contribution is 5.81. The van der Waals surface area contributed by atoms with E-state index in [-0.39, 0.29) is 12.0 Å². The summed E-state index contributed by atoms with van der Waals surface area (Å²) in [5.41, 5.74) is 6.70. The van der Waals surface area contributed by atoms with E-state index in [1.165, 1.54) is 38.5 Å². The minimum Gasteiger partial charge on any atom is -0.342 e. The summed E-state index contributed by atoms with van der Waals surface area (Å²) in [6, 6.07) is 0.143. The van der Waals surface area contributed by atoms with Gasteiger partial charge >= 0.3 is 0 Å². The van der Waals surface area contributed by atoms with Gasteiger partial charge in [0.25, 0.3) is 0 Å². The number of nitrogens with two attached hydrogens (primary N) is 1. The molecule has 2 saturated carbocycles. The highest BCUT2D eigenvalue weighted by Gasteiger charge is 2.51. The van der Waals surface area contributed by atoms with Crippen molar-refractivity contribution in [1.82, 2.24) is 4.90 Å². The largest absolute Gasteiger partial charge is 0.342 e. The maximum Gasteiger partial charge on any atom is 0.227 e. The van der Waals surface area contributed by atoms with Gasteiger partial charge in [-0.05, 0) is 55.8 Å². The minimum absolute atomic E-state index is 0.142. The van der Waals surface area contributed by atoms with Crippen molar-refractivity contribution in [2.24, 2.45) is 28.9 Å². The second kappa shape index (κ2) is 4.76. The summed E-state index contributed by atoms with van der Waals surface area (Å²) in [4.78, 5) is 15.0. The Morgan fingerprint density at radius 2 is 1.95 bits per heavy atom. The van der Waals surface area contributed by atoms with Crippen LogP contribution < -0.4 is 5.73 Å². The van der Waals surface area contributed by atoms with Gasteiger partial charge in [0.15, 0.2) is 0 Å². The molecule has 1 heterocycles. The predicted molar refractivity (Wildman–Crippen MR) is 76.5 cm³/mol. The Morgan fingerprint density at radius 1 is 1.26 bits per heavy atom. The van der Waals surface area contributed by atoms with Crippen molar-refractivity contribution in [2.45, 2.75) is 58.4 Å². The molecule has 0 spiro atoms. The van der Waals surface area contributed by atoms with E-state index in [0.29, 0.717) is 23.2 Å². The van der Waals surface area contributed by atoms with Crippen LogP contribution >= 0.6 is 0 Å². The number of nitrogens with zero attached hydrogens (tertiary/aromatic N) is 1. The van der Waals surface area contributed by atoms with Gasteiger partial charge in [0.1, 0.15) is 0 Å². The number of hydrogen-bond donors (Lipinski definition) is 1. The number of amides is 1. The molecule has 1 aliphatic heterocycles. The van der Waals surface area contributed by atoms with Crippen molar-refractivity contribution in [3.05, 3.63) is 0 Å². The Morgan fingerprint density at radius 3 is 2.47 bits per heavy atom.